The number of hydrogen-bond donors (Lipinski definition) is 1. The maximum atomic E-state index is 13.6. The predicted molar refractivity (Wildman–Crippen MR) is 117 cm³/mol. The number of ketones is 1. The summed E-state index contributed by atoms with van der Waals surface area (Å²) in [5, 5.41) is 7.56. The lowest BCUT2D eigenvalue weighted by atomic mass is 9.72. The van der Waals surface area contributed by atoms with Crippen molar-refractivity contribution in [2.45, 2.75) is 31.6 Å². The van der Waals surface area contributed by atoms with Crippen molar-refractivity contribution in [2.75, 3.05) is 19.5 Å². The van der Waals surface area contributed by atoms with Gasteiger partial charge in [-0.2, -0.15) is 0 Å². The van der Waals surface area contributed by atoms with Crippen LogP contribution in [0.4, 0.5) is 5.88 Å². The quantitative estimate of drug-likeness (QED) is 0.648. The summed E-state index contributed by atoms with van der Waals surface area (Å²) in [5.41, 5.74) is 5.31. The highest BCUT2D eigenvalue weighted by atomic mass is 16.5. The number of ether oxygens (including phenoxy) is 2. The number of methoxy groups -OCH3 is 2. The van der Waals surface area contributed by atoms with Crippen molar-refractivity contribution in [1.82, 2.24) is 5.16 Å². The molecule has 0 fully saturated rings. The lowest BCUT2D eigenvalue weighted by Gasteiger charge is -2.35. The van der Waals surface area contributed by atoms with Gasteiger partial charge in [-0.25, -0.2) is 0 Å². The SMILES string of the molecule is COc1cccc([C@@H]2C3=C(C[C@H](c4ccccc4)CC3=O)Nc3onc(C)c32)c1OC. The minimum Gasteiger partial charge on any atom is -0.493 e. The van der Waals surface area contributed by atoms with Crippen LogP contribution in [0, 0.1) is 6.92 Å². The first kappa shape index (κ1) is 19.4. The van der Waals surface area contributed by atoms with E-state index in [1.165, 1.54) is 5.56 Å². The third-order valence-electron chi connectivity index (χ3n) is 6.27. The number of Topliss-reactive ketones (excluding diaryl/α,β-unsaturated/α-hetero) is 1. The van der Waals surface area contributed by atoms with Gasteiger partial charge in [-0.05, 0) is 30.9 Å². The average molecular weight is 416 g/mol. The first-order valence-electron chi connectivity index (χ1n) is 10.4. The van der Waals surface area contributed by atoms with E-state index in [2.05, 4.69) is 22.6 Å². The summed E-state index contributed by atoms with van der Waals surface area (Å²) in [5.74, 6) is 1.76. The Morgan fingerprint density at radius 2 is 1.84 bits per heavy atom. The summed E-state index contributed by atoms with van der Waals surface area (Å²) in [4.78, 5) is 13.6. The van der Waals surface area contributed by atoms with Crippen LogP contribution in [0.15, 0.2) is 64.3 Å². The van der Waals surface area contributed by atoms with E-state index < -0.39 is 0 Å². The number of benzene rings is 2. The van der Waals surface area contributed by atoms with Crippen molar-refractivity contribution in [3.05, 3.63) is 82.2 Å². The van der Waals surface area contributed by atoms with E-state index in [0.29, 0.717) is 23.8 Å². The molecule has 31 heavy (non-hydrogen) atoms. The number of hydrogen-bond acceptors (Lipinski definition) is 6. The number of rotatable bonds is 4. The molecule has 2 atom stereocenters. The fraction of sp³-hybridized carbons (Fsp3) is 0.280. The number of allylic oxidation sites excluding steroid dienone is 2. The fourth-order valence-corrected chi connectivity index (χ4v) is 4.88. The summed E-state index contributed by atoms with van der Waals surface area (Å²) >= 11 is 0. The zero-order chi connectivity index (χ0) is 21.5. The second-order valence-electron chi connectivity index (χ2n) is 7.98. The molecule has 0 saturated carbocycles. The maximum absolute atomic E-state index is 13.6. The Hall–Kier alpha value is -3.54. The van der Waals surface area contributed by atoms with Crippen LogP contribution in [0.25, 0.3) is 0 Å². The molecule has 1 aromatic heterocycles. The third-order valence-corrected chi connectivity index (χ3v) is 6.27. The second kappa shape index (κ2) is 7.61. The summed E-state index contributed by atoms with van der Waals surface area (Å²) < 4.78 is 16.9. The molecular formula is C25H24N2O4. The minimum atomic E-state index is -0.327. The van der Waals surface area contributed by atoms with Crippen molar-refractivity contribution >= 4 is 11.7 Å². The van der Waals surface area contributed by atoms with Gasteiger partial charge in [0.1, 0.15) is 0 Å². The second-order valence-corrected chi connectivity index (χ2v) is 7.98. The van der Waals surface area contributed by atoms with Gasteiger partial charge in [0.2, 0.25) is 5.88 Å². The van der Waals surface area contributed by atoms with Crippen LogP contribution < -0.4 is 14.8 Å². The van der Waals surface area contributed by atoms with E-state index in [9.17, 15) is 4.79 Å². The van der Waals surface area contributed by atoms with Crippen LogP contribution in [0.3, 0.4) is 0 Å². The zero-order valence-corrected chi connectivity index (χ0v) is 17.8. The van der Waals surface area contributed by atoms with E-state index >= 15 is 0 Å². The van der Waals surface area contributed by atoms with Crippen LogP contribution in [0.2, 0.25) is 0 Å². The number of carbonyl (C=O) groups is 1. The van der Waals surface area contributed by atoms with Gasteiger partial charge in [-0.3, -0.25) is 4.79 Å². The van der Waals surface area contributed by atoms with Gasteiger partial charge >= 0.3 is 0 Å². The number of aromatic nitrogens is 1. The third kappa shape index (κ3) is 3.10. The van der Waals surface area contributed by atoms with E-state index in [0.717, 1.165) is 34.5 Å². The van der Waals surface area contributed by atoms with Gasteiger partial charge in [0.15, 0.2) is 17.3 Å². The maximum Gasteiger partial charge on any atom is 0.233 e. The van der Waals surface area contributed by atoms with Gasteiger partial charge in [0.05, 0.1) is 31.4 Å². The number of anilines is 1. The van der Waals surface area contributed by atoms with Gasteiger partial charge in [-0.15, -0.1) is 0 Å². The average Bonchev–Trinajstić information content (AvgIpc) is 3.17. The highest BCUT2D eigenvalue weighted by molar-refractivity contribution is 6.01. The Morgan fingerprint density at radius 1 is 1.03 bits per heavy atom. The van der Waals surface area contributed by atoms with Crippen molar-refractivity contribution < 1.29 is 18.8 Å². The topological polar surface area (TPSA) is 73.6 Å². The molecule has 2 heterocycles. The summed E-state index contributed by atoms with van der Waals surface area (Å²) in [6.45, 7) is 1.90. The van der Waals surface area contributed by atoms with Crippen LogP contribution in [0.1, 0.15) is 47.1 Å². The molecular weight excluding hydrogens is 392 g/mol. The highest BCUT2D eigenvalue weighted by Gasteiger charge is 2.42. The number of nitrogens with zero attached hydrogens (tertiary/aromatic N) is 1. The smallest absolute Gasteiger partial charge is 0.233 e. The first-order valence-corrected chi connectivity index (χ1v) is 10.4. The highest BCUT2D eigenvalue weighted by Crippen LogP contribution is 2.51. The molecule has 6 heteroatoms. The monoisotopic (exact) mass is 416 g/mol. The number of para-hydroxylation sites is 1. The van der Waals surface area contributed by atoms with Gasteiger partial charge in [0.25, 0.3) is 0 Å². The van der Waals surface area contributed by atoms with E-state index in [1.54, 1.807) is 14.2 Å². The number of aryl methyl sites for hydroxylation is 1. The molecule has 0 spiro atoms. The molecule has 2 aliphatic rings. The van der Waals surface area contributed by atoms with Crippen LogP contribution in [0.5, 0.6) is 11.5 Å². The lowest BCUT2D eigenvalue weighted by Crippen LogP contribution is -2.29. The van der Waals surface area contributed by atoms with Crippen LogP contribution >= 0.6 is 0 Å². The van der Waals surface area contributed by atoms with Gasteiger partial charge < -0.3 is 19.3 Å². The predicted octanol–water partition coefficient (Wildman–Crippen LogP) is 4.96. The van der Waals surface area contributed by atoms with Crippen molar-refractivity contribution in [3.63, 3.8) is 0 Å². The normalized spacial score (nSPS) is 20.0. The molecule has 0 radical (unpaired) electrons. The number of fused-ring (bicyclic) bond motifs is 1. The standard InChI is InChI=1S/C25H24N2O4/c1-14-21-22(17-10-7-11-20(29-2)24(17)30-3)23-18(26-25(21)31-27-14)12-16(13-19(23)28)15-8-5-4-6-9-15/h4-11,16,22,26H,12-13H2,1-3H3/t16-,22-/m0/s1. The van der Waals surface area contributed by atoms with Crippen molar-refractivity contribution in [3.8, 4) is 11.5 Å². The summed E-state index contributed by atoms with van der Waals surface area (Å²) in [6.07, 6.45) is 1.19. The fourth-order valence-electron chi connectivity index (χ4n) is 4.88. The molecule has 0 bridgehead atoms. The van der Waals surface area contributed by atoms with E-state index in [-0.39, 0.29) is 17.6 Å². The van der Waals surface area contributed by atoms with E-state index in [1.807, 2.05) is 43.3 Å². The largest absolute Gasteiger partial charge is 0.493 e. The molecule has 0 amide bonds. The molecule has 2 aromatic carbocycles. The Labute approximate surface area is 180 Å². The Bertz CT molecular complexity index is 1180. The molecule has 5 rings (SSSR count). The molecule has 1 N–H and O–H groups in total. The zero-order valence-electron chi connectivity index (χ0n) is 17.8. The number of nitrogens with one attached hydrogen (secondary N) is 1. The van der Waals surface area contributed by atoms with Crippen LogP contribution in [-0.4, -0.2) is 25.2 Å². The van der Waals surface area contributed by atoms with Crippen molar-refractivity contribution in [2.24, 2.45) is 0 Å². The van der Waals surface area contributed by atoms with E-state index in [4.69, 9.17) is 14.0 Å². The first-order chi connectivity index (χ1) is 15.1. The summed E-state index contributed by atoms with van der Waals surface area (Å²) in [6, 6.07) is 15.9. The minimum absolute atomic E-state index is 0.123. The van der Waals surface area contributed by atoms with Crippen LogP contribution in [-0.2, 0) is 4.79 Å². The van der Waals surface area contributed by atoms with Gasteiger partial charge in [-0.1, -0.05) is 47.6 Å². The molecule has 158 valence electrons. The van der Waals surface area contributed by atoms with Crippen molar-refractivity contribution in [1.29, 1.82) is 0 Å². The summed E-state index contributed by atoms with van der Waals surface area (Å²) in [7, 11) is 3.23. The molecule has 0 saturated heterocycles. The molecule has 3 aromatic rings. The Balaban J connectivity index is 1.68. The number of carbonyl (C=O) groups excluding carboxylic acids is 1. The Kier molecular flexibility index (Phi) is 4.77. The molecule has 1 aliphatic carbocycles. The molecule has 1 aliphatic heterocycles. The lowest BCUT2D eigenvalue weighted by molar-refractivity contribution is -0.116. The van der Waals surface area contributed by atoms with Gasteiger partial charge in [0, 0.05) is 23.3 Å². The molecule has 6 nitrogen and oxygen atoms in total. The Morgan fingerprint density at radius 3 is 2.58 bits per heavy atom. The molecule has 0 unspecified atom stereocenters.